The molecule has 2 aliphatic rings. The van der Waals surface area contributed by atoms with Crippen LogP contribution in [0.1, 0.15) is 46.5 Å². The number of likely N-dealkylation sites (tertiary alicyclic amines) is 1. The van der Waals surface area contributed by atoms with E-state index in [9.17, 15) is 4.79 Å². The van der Waals surface area contributed by atoms with Crippen LogP contribution in [-0.4, -0.2) is 43.4 Å². The van der Waals surface area contributed by atoms with Gasteiger partial charge in [-0.25, -0.2) is 0 Å². The molecule has 1 N–H and O–H groups in total. The SMILES string of the molecule is CC(C)(C)C(=O)C1CCN(CC2CCNCC2)CC1. The topological polar surface area (TPSA) is 32.3 Å². The second-order valence-electron chi connectivity index (χ2n) is 7.38. The quantitative estimate of drug-likeness (QED) is 0.851. The van der Waals surface area contributed by atoms with Crippen LogP contribution in [0.5, 0.6) is 0 Å². The maximum Gasteiger partial charge on any atom is 0.141 e. The van der Waals surface area contributed by atoms with E-state index in [0.717, 1.165) is 31.8 Å². The van der Waals surface area contributed by atoms with Crippen LogP contribution in [0.4, 0.5) is 0 Å². The number of rotatable bonds is 3. The zero-order chi connectivity index (χ0) is 13.9. The van der Waals surface area contributed by atoms with Crippen molar-refractivity contribution in [3.05, 3.63) is 0 Å². The van der Waals surface area contributed by atoms with Gasteiger partial charge in [0.25, 0.3) is 0 Å². The molecule has 0 aromatic heterocycles. The van der Waals surface area contributed by atoms with Crippen molar-refractivity contribution in [3.63, 3.8) is 0 Å². The minimum atomic E-state index is -0.165. The van der Waals surface area contributed by atoms with Crippen LogP contribution in [0.15, 0.2) is 0 Å². The van der Waals surface area contributed by atoms with Crippen LogP contribution in [0, 0.1) is 17.3 Å². The van der Waals surface area contributed by atoms with E-state index in [2.05, 4.69) is 31.0 Å². The fourth-order valence-electron chi connectivity index (χ4n) is 3.42. The Labute approximate surface area is 118 Å². The molecular formula is C16H30N2O. The van der Waals surface area contributed by atoms with Crippen molar-refractivity contribution in [1.82, 2.24) is 10.2 Å². The molecule has 2 aliphatic heterocycles. The smallest absolute Gasteiger partial charge is 0.141 e. The summed E-state index contributed by atoms with van der Waals surface area (Å²) in [4.78, 5) is 14.9. The maximum atomic E-state index is 12.3. The number of ketones is 1. The van der Waals surface area contributed by atoms with E-state index >= 15 is 0 Å². The lowest BCUT2D eigenvalue weighted by atomic mass is 9.79. The van der Waals surface area contributed by atoms with Crippen molar-refractivity contribution in [1.29, 1.82) is 0 Å². The van der Waals surface area contributed by atoms with Crippen LogP contribution in [0.3, 0.4) is 0 Å². The minimum absolute atomic E-state index is 0.165. The van der Waals surface area contributed by atoms with Gasteiger partial charge in [0, 0.05) is 17.9 Å². The molecule has 2 saturated heterocycles. The number of nitrogens with one attached hydrogen (secondary N) is 1. The third-order valence-electron chi connectivity index (χ3n) is 4.67. The summed E-state index contributed by atoms with van der Waals surface area (Å²) >= 11 is 0. The average molecular weight is 266 g/mol. The standard InChI is InChI=1S/C16H30N2O/c1-16(2,3)15(19)14-6-10-18(11-7-14)12-13-4-8-17-9-5-13/h13-14,17H,4-12H2,1-3H3. The van der Waals surface area contributed by atoms with Crippen molar-refractivity contribution >= 4 is 5.78 Å². The van der Waals surface area contributed by atoms with E-state index in [-0.39, 0.29) is 5.41 Å². The molecule has 2 heterocycles. The lowest BCUT2D eigenvalue weighted by Crippen LogP contribution is -2.43. The Morgan fingerprint density at radius 2 is 1.68 bits per heavy atom. The van der Waals surface area contributed by atoms with Crippen molar-refractivity contribution < 1.29 is 4.79 Å². The Kier molecular flexibility index (Phi) is 5.02. The Hall–Kier alpha value is -0.410. The van der Waals surface area contributed by atoms with Gasteiger partial charge in [-0.2, -0.15) is 0 Å². The van der Waals surface area contributed by atoms with Gasteiger partial charge in [0.1, 0.15) is 5.78 Å². The van der Waals surface area contributed by atoms with Gasteiger partial charge in [-0.15, -0.1) is 0 Å². The summed E-state index contributed by atoms with van der Waals surface area (Å²) in [6.45, 7) is 12.0. The fraction of sp³-hybridized carbons (Fsp3) is 0.938. The lowest BCUT2D eigenvalue weighted by molar-refractivity contribution is -0.131. The lowest BCUT2D eigenvalue weighted by Gasteiger charge is -2.36. The Morgan fingerprint density at radius 3 is 2.21 bits per heavy atom. The molecule has 0 saturated carbocycles. The molecule has 2 rings (SSSR count). The van der Waals surface area contributed by atoms with Gasteiger partial charge in [0.05, 0.1) is 0 Å². The highest BCUT2D eigenvalue weighted by molar-refractivity contribution is 5.86. The second-order valence-corrected chi connectivity index (χ2v) is 7.38. The first-order chi connectivity index (χ1) is 8.97. The van der Waals surface area contributed by atoms with E-state index in [0.29, 0.717) is 11.7 Å². The monoisotopic (exact) mass is 266 g/mol. The largest absolute Gasteiger partial charge is 0.317 e. The molecule has 2 fully saturated rings. The third kappa shape index (κ3) is 4.28. The molecule has 0 atom stereocenters. The van der Waals surface area contributed by atoms with Crippen molar-refractivity contribution in [2.45, 2.75) is 46.5 Å². The number of hydrogen-bond acceptors (Lipinski definition) is 3. The van der Waals surface area contributed by atoms with E-state index < -0.39 is 0 Å². The third-order valence-corrected chi connectivity index (χ3v) is 4.67. The minimum Gasteiger partial charge on any atom is -0.317 e. The van der Waals surface area contributed by atoms with Gasteiger partial charge in [-0.1, -0.05) is 20.8 Å². The normalized spacial score (nSPS) is 24.6. The highest BCUT2D eigenvalue weighted by atomic mass is 16.1. The predicted octanol–water partition coefficient (Wildman–Crippen LogP) is 2.31. The van der Waals surface area contributed by atoms with Crippen LogP contribution in [0.25, 0.3) is 0 Å². The maximum absolute atomic E-state index is 12.3. The van der Waals surface area contributed by atoms with Gasteiger partial charge in [0.2, 0.25) is 0 Å². The first-order valence-corrected chi connectivity index (χ1v) is 7.94. The Morgan fingerprint density at radius 1 is 1.11 bits per heavy atom. The van der Waals surface area contributed by atoms with E-state index in [1.54, 1.807) is 0 Å². The van der Waals surface area contributed by atoms with Crippen LogP contribution in [0.2, 0.25) is 0 Å². The molecule has 0 aromatic rings. The number of carbonyl (C=O) groups is 1. The van der Waals surface area contributed by atoms with E-state index in [1.807, 2.05) is 0 Å². The summed E-state index contributed by atoms with van der Waals surface area (Å²) < 4.78 is 0. The molecule has 110 valence electrons. The number of Topliss-reactive ketones (excluding diaryl/α,β-unsaturated/α-hetero) is 1. The average Bonchev–Trinajstić information content (AvgIpc) is 2.39. The summed E-state index contributed by atoms with van der Waals surface area (Å²) in [5.74, 6) is 1.65. The summed E-state index contributed by atoms with van der Waals surface area (Å²) in [5, 5.41) is 3.43. The van der Waals surface area contributed by atoms with Crippen LogP contribution in [-0.2, 0) is 4.79 Å². The van der Waals surface area contributed by atoms with E-state index in [4.69, 9.17) is 0 Å². The molecule has 3 nitrogen and oxygen atoms in total. The molecule has 0 bridgehead atoms. The molecule has 3 heteroatoms. The summed E-state index contributed by atoms with van der Waals surface area (Å²) in [7, 11) is 0. The van der Waals surface area contributed by atoms with Gasteiger partial charge < -0.3 is 10.2 Å². The zero-order valence-corrected chi connectivity index (χ0v) is 12.9. The Bertz CT molecular complexity index is 294. The molecule has 0 aromatic carbocycles. The molecule has 0 unspecified atom stereocenters. The van der Waals surface area contributed by atoms with Gasteiger partial charge in [-0.3, -0.25) is 4.79 Å². The van der Waals surface area contributed by atoms with Gasteiger partial charge >= 0.3 is 0 Å². The summed E-state index contributed by atoms with van der Waals surface area (Å²) in [5.41, 5.74) is -0.165. The first kappa shape index (κ1) is 15.0. The molecule has 0 spiro atoms. The van der Waals surface area contributed by atoms with Crippen molar-refractivity contribution in [2.75, 3.05) is 32.7 Å². The van der Waals surface area contributed by atoms with Crippen molar-refractivity contribution in [2.24, 2.45) is 17.3 Å². The molecule has 0 amide bonds. The molecule has 0 aliphatic carbocycles. The summed E-state index contributed by atoms with van der Waals surface area (Å²) in [6.07, 6.45) is 4.78. The molecule has 0 radical (unpaired) electrons. The van der Waals surface area contributed by atoms with Crippen molar-refractivity contribution in [3.8, 4) is 0 Å². The highest BCUT2D eigenvalue weighted by Gasteiger charge is 2.32. The first-order valence-electron chi connectivity index (χ1n) is 7.94. The highest BCUT2D eigenvalue weighted by Crippen LogP contribution is 2.28. The molecular weight excluding hydrogens is 236 g/mol. The number of piperidine rings is 2. The predicted molar refractivity (Wildman–Crippen MR) is 79.2 cm³/mol. The van der Waals surface area contributed by atoms with Gasteiger partial charge in [-0.05, 0) is 57.8 Å². The van der Waals surface area contributed by atoms with Crippen LogP contribution >= 0.6 is 0 Å². The van der Waals surface area contributed by atoms with Crippen LogP contribution < -0.4 is 5.32 Å². The Balaban J connectivity index is 1.74. The summed E-state index contributed by atoms with van der Waals surface area (Å²) in [6, 6.07) is 0. The number of carbonyl (C=O) groups excluding carboxylic acids is 1. The van der Waals surface area contributed by atoms with Gasteiger partial charge in [0.15, 0.2) is 0 Å². The number of nitrogens with zero attached hydrogens (tertiary/aromatic N) is 1. The fourth-order valence-corrected chi connectivity index (χ4v) is 3.42. The zero-order valence-electron chi connectivity index (χ0n) is 12.9. The second kappa shape index (κ2) is 6.36. The number of hydrogen-bond donors (Lipinski definition) is 1. The van der Waals surface area contributed by atoms with E-state index in [1.165, 1.54) is 32.5 Å². The molecule has 19 heavy (non-hydrogen) atoms.